The maximum Gasteiger partial charge on any atom is 0.151 e. The molecule has 0 radical (unpaired) electrons. The molecule has 1 saturated carbocycles. The molecule has 0 aromatic carbocycles. The molecule has 1 fully saturated rings. The highest BCUT2D eigenvalue weighted by atomic mass is 16.5. The van der Waals surface area contributed by atoms with Crippen LogP contribution in [-0.4, -0.2) is 29.7 Å². The summed E-state index contributed by atoms with van der Waals surface area (Å²) in [6.45, 7) is 9.47. The van der Waals surface area contributed by atoms with Crippen molar-refractivity contribution in [3.63, 3.8) is 0 Å². The molecule has 4 nitrogen and oxygen atoms in total. The lowest BCUT2D eigenvalue weighted by Crippen LogP contribution is -2.34. The first kappa shape index (κ1) is 16.5. The van der Waals surface area contributed by atoms with Crippen LogP contribution in [0.4, 0.5) is 0 Å². The van der Waals surface area contributed by atoms with Gasteiger partial charge in [0, 0.05) is 18.7 Å². The minimum Gasteiger partial charge on any atom is -0.360 e. The van der Waals surface area contributed by atoms with Gasteiger partial charge in [0.25, 0.3) is 0 Å². The second-order valence-corrected chi connectivity index (χ2v) is 7.15. The predicted molar refractivity (Wildman–Crippen MR) is 85.9 cm³/mol. The highest BCUT2D eigenvalue weighted by Gasteiger charge is 2.23. The minimum atomic E-state index is 0.663. The molecule has 0 amide bonds. The molecule has 1 aromatic rings. The van der Waals surface area contributed by atoms with E-state index in [-0.39, 0.29) is 0 Å². The molecular weight excluding hydrogens is 262 g/mol. The van der Waals surface area contributed by atoms with Gasteiger partial charge in [0.05, 0.1) is 12.2 Å². The van der Waals surface area contributed by atoms with Crippen LogP contribution < -0.4 is 5.32 Å². The summed E-state index contributed by atoms with van der Waals surface area (Å²) in [5.41, 5.74) is 1.01. The molecule has 1 aliphatic carbocycles. The maximum absolute atomic E-state index is 5.48. The van der Waals surface area contributed by atoms with Crippen molar-refractivity contribution in [3.05, 3.63) is 17.5 Å². The van der Waals surface area contributed by atoms with Crippen molar-refractivity contribution in [3.8, 4) is 0 Å². The summed E-state index contributed by atoms with van der Waals surface area (Å²) in [4.78, 5) is 2.43. The van der Waals surface area contributed by atoms with E-state index in [2.05, 4.69) is 49.3 Å². The maximum atomic E-state index is 5.48. The molecule has 1 aliphatic rings. The number of nitrogens with one attached hydrogen (secondary N) is 1. The highest BCUT2D eigenvalue weighted by Crippen LogP contribution is 2.27. The van der Waals surface area contributed by atoms with Crippen molar-refractivity contribution in [2.24, 2.45) is 11.8 Å². The van der Waals surface area contributed by atoms with Gasteiger partial charge in [0.2, 0.25) is 0 Å². The SMILES string of the molecule is CC(C)CNCc1cc(CN(C)C2CCCC(C)C2)on1. The van der Waals surface area contributed by atoms with E-state index >= 15 is 0 Å². The number of rotatable bonds is 7. The molecule has 4 heteroatoms. The van der Waals surface area contributed by atoms with Crippen LogP contribution in [0.25, 0.3) is 0 Å². The van der Waals surface area contributed by atoms with Crippen molar-refractivity contribution < 1.29 is 4.52 Å². The van der Waals surface area contributed by atoms with E-state index in [1.54, 1.807) is 0 Å². The monoisotopic (exact) mass is 293 g/mol. The summed E-state index contributed by atoms with van der Waals surface area (Å²) in [7, 11) is 2.21. The van der Waals surface area contributed by atoms with E-state index in [1.165, 1.54) is 25.7 Å². The Morgan fingerprint density at radius 2 is 2.24 bits per heavy atom. The van der Waals surface area contributed by atoms with Crippen molar-refractivity contribution in [1.82, 2.24) is 15.4 Å². The Kier molecular flexibility index (Phi) is 6.24. The van der Waals surface area contributed by atoms with Crippen LogP contribution in [0.2, 0.25) is 0 Å². The number of aromatic nitrogens is 1. The van der Waals surface area contributed by atoms with Crippen LogP contribution >= 0.6 is 0 Å². The van der Waals surface area contributed by atoms with E-state index < -0.39 is 0 Å². The average molecular weight is 293 g/mol. The first-order chi connectivity index (χ1) is 10.0. The summed E-state index contributed by atoms with van der Waals surface area (Å²) in [6, 6.07) is 2.79. The Morgan fingerprint density at radius 3 is 2.95 bits per heavy atom. The summed E-state index contributed by atoms with van der Waals surface area (Å²) in [5, 5.41) is 7.56. The summed E-state index contributed by atoms with van der Waals surface area (Å²) >= 11 is 0. The fourth-order valence-corrected chi connectivity index (χ4v) is 3.18. The third-order valence-electron chi connectivity index (χ3n) is 4.40. The normalized spacial score (nSPS) is 23.1. The van der Waals surface area contributed by atoms with Crippen molar-refractivity contribution >= 4 is 0 Å². The zero-order chi connectivity index (χ0) is 15.2. The molecule has 1 aromatic heterocycles. The molecule has 2 unspecified atom stereocenters. The van der Waals surface area contributed by atoms with E-state index in [4.69, 9.17) is 4.52 Å². The van der Waals surface area contributed by atoms with Gasteiger partial charge in [-0.2, -0.15) is 0 Å². The minimum absolute atomic E-state index is 0.663. The van der Waals surface area contributed by atoms with Gasteiger partial charge in [-0.15, -0.1) is 0 Å². The lowest BCUT2D eigenvalue weighted by molar-refractivity contribution is 0.145. The number of nitrogens with zero attached hydrogens (tertiary/aromatic N) is 2. The standard InChI is InChI=1S/C17H31N3O/c1-13(2)10-18-11-15-9-17(21-19-15)12-20(4)16-7-5-6-14(3)8-16/h9,13-14,16,18H,5-8,10-12H2,1-4H3. The van der Waals surface area contributed by atoms with Gasteiger partial charge in [-0.05, 0) is 38.3 Å². The number of hydrogen-bond donors (Lipinski definition) is 1. The van der Waals surface area contributed by atoms with Crippen LogP contribution in [0.1, 0.15) is 57.9 Å². The van der Waals surface area contributed by atoms with Gasteiger partial charge in [0.15, 0.2) is 5.76 Å². The largest absolute Gasteiger partial charge is 0.360 e. The molecule has 2 rings (SSSR count). The topological polar surface area (TPSA) is 41.3 Å². The second-order valence-electron chi connectivity index (χ2n) is 7.15. The molecule has 1 N–H and O–H groups in total. The van der Waals surface area contributed by atoms with E-state index in [0.29, 0.717) is 12.0 Å². The fourth-order valence-electron chi connectivity index (χ4n) is 3.18. The van der Waals surface area contributed by atoms with Crippen LogP contribution in [0, 0.1) is 11.8 Å². The first-order valence-corrected chi connectivity index (χ1v) is 8.40. The van der Waals surface area contributed by atoms with Crippen molar-refractivity contribution in [1.29, 1.82) is 0 Å². The first-order valence-electron chi connectivity index (χ1n) is 8.40. The predicted octanol–water partition coefficient (Wildman–Crippen LogP) is 3.43. The fraction of sp³-hybridized carbons (Fsp3) is 0.824. The van der Waals surface area contributed by atoms with Crippen molar-refractivity contribution in [2.45, 2.75) is 65.6 Å². The Bertz CT molecular complexity index is 416. The molecule has 0 bridgehead atoms. The summed E-state index contributed by atoms with van der Waals surface area (Å²) < 4.78 is 5.48. The lowest BCUT2D eigenvalue weighted by Gasteiger charge is -2.33. The summed E-state index contributed by atoms with van der Waals surface area (Å²) in [5.74, 6) is 2.50. The van der Waals surface area contributed by atoms with Gasteiger partial charge in [0.1, 0.15) is 0 Å². The third kappa shape index (κ3) is 5.44. The quantitative estimate of drug-likeness (QED) is 0.836. The van der Waals surface area contributed by atoms with Crippen LogP contribution in [0.15, 0.2) is 10.6 Å². The van der Waals surface area contributed by atoms with Gasteiger partial charge in [-0.1, -0.05) is 38.8 Å². The van der Waals surface area contributed by atoms with E-state index in [0.717, 1.165) is 37.0 Å². The summed E-state index contributed by atoms with van der Waals surface area (Å²) in [6.07, 6.45) is 5.38. The lowest BCUT2D eigenvalue weighted by atomic mass is 9.86. The van der Waals surface area contributed by atoms with Crippen LogP contribution in [0.3, 0.4) is 0 Å². The van der Waals surface area contributed by atoms with Gasteiger partial charge >= 0.3 is 0 Å². The Hall–Kier alpha value is -0.870. The molecule has 2 atom stereocenters. The van der Waals surface area contributed by atoms with Crippen LogP contribution in [-0.2, 0) is 13.1 Å². The molecule has 0 spiro atoms. The Balaban J connectivity index is 1.78. The average Bonchev–Trinajstić information content (AvgIpc) is 2.86. The second kappa shape index (κ2) is 7.95. The molecule has 120 valence electrons. The highest BCUT2D eigenvalue weighted by molar-refractivity contribution is 5.05. The smallest absolute Gasteiger partial charge is 0.151 e. The molecular formula is C17H31N3O. The van der Waals surface area contributed by atoms with Crippen molar-refractivity contribution in [2.75, 3.05) is 13.6 Å². The molecule has 21 heavy (non-hydrogen) atoms. The molecule has 1 heterocycles. The van der Waals surface area contributed by atoms with Gasteiger partial charge in [-0.3, -0.25) is 4.90 Å². The van der Waals surface area contributed by atoms with E-state index in [9.17, 15) is 0 Å². The molecule has 0 saturated heterocycles. The van der Waals surface area contributed by atoms with Crippen LogP contribution in [0.5, 0.6) is 0 Å². The van der Waals surface area contributed by atoms with Gasteiger partial charge < -0.3 is 9.84 Å². The molecule has 0 aliphatic heterocycles. The van der Waals surface area contributed by atoms with Gasteiger partial charge in [-0.25, -0.2) is 0 Å². The zero-order valence-corrected chi connectivity index (χ0v) is 14.1. The third-order valence-corrected chi connectivity index (χ3v) is 4.40. The zero-order valence-electron chi connectivity index (χ0n) is 14.1. The Labute approximate surface area is 129 Å². The van der Waals surface area contributed by atoms with E-state index in [1.807, 2.05) is 0 Å². The number of hydrogen-bond acceptors (Lipinski definition) is 4. The Morgan fingerprint density at radius 1 is 1.43 bits per heavy atom.